The molecule has 0 radical (unpaired) electrons. The topological polar surface area (TPSA) is 68.5 Å². The van der Waals surface area contributed by atoms with Gasteiger partial charge in [-0.25, -0.2) is 4.98 Å². The van der Waals surface area contributed by atoms with Crippen molar-refractivity contribution >= 4 is 17.2 Å². The van der Waals surface area contributed by atoms with E-state index in [-0.39, 0.29) is 18.1 Å². The molecule has 5 nitrogen and oxygen atoms in total. The van der Waals surface area contributed by atoms with Gasteiger partial charge in [-0.2, -0.15) is 0 Å². The van der Waals surface area contributed by atoms with Gasteiger partial charge in [-0.05, 0) is 20.3 Å². The Kier molecular flexibility index (Phi) is 4.90. The van der Waals surface area contributed by atoms with Crippen molar-refractivity contribution in [3.8, 4) is 0 Å². The highest BCUT2D eigenvalue weighted by Crippen LogP contribution is 2.21. The molecule has 2 N–H and O–H groups in total. The first kappa shape index (κ1) is 14.4. The number of likely N-dealkylation sites (tertiary alicyclic amines) is 1. The van der Waals surface area contributed by atoms with Crippen LogP contribution in [0.4, 0.5) is 0 Å². The van der Waals surface area contributed by atoms with E-state index in [1.807, 2.05) is 24.1 Å². The molecular weight excluding hydrogens is 262 g/mol. The van der Waals surface area contributed by atoms with Gasteiger partial charge in [0.1, 0.15) is 11.1 Å². The minimum atomic E-state index is -0.000869. The highest BCUT2D eigenvalue weighted by atomic mass is 32.1. The summed E-state index contributed by atoms with van der Waals surface area (Å²) in [7, 11) is 0. The van der Waals surface area contributed by atoms with Crippen LogP contribution in [0, 0.1) is 0 Å². The van der Waals surface area contributed by atoms with Crippen molar-refractivity contribution < 1.29 is 9.53 Å². The molecule has 0 saturated carbocycles. The summed E-state index contributed by atoms with van der Waals surface area (Å²) in [4.78, 5) is 18.4. The molecule has 1 aliphatic rings. The normalized spacial score (nSPS) is 20.8. The lowest BCUT2D eigenvalue weighted by atomic mass is 10.3. The second kappa shape index (κ2) is 6.45. The fourth-order valence-corrected chi connectivity index (χ4v) is 3.01. The summed E-state index contributed by atoms with van der Waals surface area (Å²) in [5, 5.41) is 2.88. The first-order valence-electron chi connectivity index (χ1n) is 6.69. The Hall–Kier alpha value is -0.980. The summed E-state index contributed by atoms with van der Waals surface area (Å²) in [5.41, 5.74) is 6.64. The number of aromatic nitrogens is 1. The molecule has 0 aliphatic carbocycles. The Balaban J connectivity index is 1.91. The fraction of sp³-hybridized carbons (Fsp3) is 0.692. The molecule has 6 heteroatoms. The first-order chi connectivity index (χ1) is 9.10. The van der Waals surface area contributed by atoms with Crippen LogP contribution in [0.5, 0.6) is 0 Å². The Labute approximate surface area is 117 Å². The van der Waals surface area contributed by atoms with Gasteiger partial charge in [0.05, 0.1) is 12.1 Å². The van der Waals surface area contributed by atoms with E-state index in [9.17, 15) is 4.79 Å². The third-order valence-electron chi connectivity index (χ3n) is 3.24. The molecule has 1 aliphatic heterocycles. The smallest absolute Gasteiger partial charge is 0.228 e. The summed E-state index contributed by atoms with van der Waals surface area (Å²) in [6.07, 6.45) is 1.26. The molecule has 1 aromatic rings. The van der Waals surface area contributed by atoms with Crippen LogP contribution in [0.15, 0.2) is 5.38 Å². The molecule has 0 unspecified atom stereocenters. The number of ether oxygens (including phenoxy) is 1. The standard InChI is InChI=1S/C13H21N3O2S/c1-3-18-9(2)13-15-11(8-19-13)6-12(17)16-5-4-10(14)7-16/h8-10H,3-7,14H2,1-2H3/t9-,10-/m1/s1. The summed E-state index contributed by atoms with van der Waals surface area (Å²) in [6.45, 7) is 6.05. The number of hydrogen-bond donors (Lipinski definition) is 1. The second-order valence-electron chi connectivity index (χ2n) is 4.84. The molecular formula is C13H21N3O2S. The lowest BCUT2D eigenvalue weighted by molar-refractivity contribution is -0.129. The molecule has 1 amide bonds. The monoisotopic (exact) mass is 283 g/mol. The number of nitrogens with zero attached hydrogens (tertiary/aromatic N) is 2. The predicted octanol–water partition coefficient (Wildman–Crippen LogP) is 1.34. The second-order valence-corrected chi connectivity index (χ2v) is 5.73. The van der Waals surface area contributed by atoms with Gasteiger partial charge in [0.15, 0.2) is 0 Å². The molecule has 1 aromatic heterocycles. The van der Waals surface area contributed by atoms with Crippen molar-refractivity contribution in [2.75, 3.05) is 19.7 Å². The van der Waals surface area contributed by atoms with Gasteiger partial charge in [0.25, 0.3) is 0 Å². The summed E-state index contributed by atoms with van der Waals surface area (Å²) < 4.78 is 5.50. The van der Waals surface area contributed by atoms with Crippen LogP contribution in [-0.2, 0) is 16.0 Å². The molecule has 2 heterocycles. The molecule has 19 heavy (non-hydrogen) atoms. The highest BCUT2D eigenvalue weighted by Gasteiger charge is 2.24. The van der Waals surface area contributed by atoms with Crippen LogP contribution in [0.3, 0.4) is 0 Å². The van der Waals surface area contributed by atoms with Gasteiger partial charge >= 0.3 is 0 Å². The lowest BCUT2D eigenvalue weighted by Gasteiger charge is -2.14. The highest BCUT2D eigenvalue weighted by molar-refractivity contribution is 7.09. The molecule has 0 bridgehead atoms. The minimum Gasteiger partial charge on any atom is -0.372 e. The van der Waals surface area contributed by atoms with Crippen LogP contribution < -0.4 is 5.73 Å². The molecule has 1 fully saturated rings. The first-order valence-corrected chi connectivity index (χ1v) is 7.57. The zero-order valence-corrected chi connectivity index (χ0v) is 12.3. The molecule has 2 rings (SSSR count). The Morgan fingerprint density at radius 2 is 2.53 bits per heavy atom. The zero-order chi connectivity index (χ0) is 13.8. The number of carbonyl (C=O) groups is 1. The van der Waals surface area contributed by atoms with E-state index in [1.54, 1.807) is 11.3 Å². The average molecular weight is 283 g/mol. The number of carbonyl (C=O) groups excluding carboxylic acids is 1. The molecule has 0 aromatic carbocycles. The minimum absolute atomic E-state index is 0.000869. The van der Waals surface area contributed by atoms with Crippen LogP contribution in [0.2, 0.25) is 0 Å². The maximum atomic E-state index is 12.1. The van der Waals surface area contributed by atoms with Gasteiger partial charge in [-0.15, -0.1) is 11.3 Å². The van der Waals surface area contributed by atoms with E-state index in [0.717, 1.165) is 23.7 Å². The van der Waals surface area contributed by atoms with E-state index < -0.39 is 0 Å². The van der Waals surface area contributed by atoms with Gasteiger partial charge in [0.2, 0.25) is 5.91 Å². The maximum absolute atomic E-state index is 12.1. The van der Waals surface area contributed by atoms with Crippen LogP contribution in [0.1, 0.15) is 37.1 Å². The number of thiazole rings is 1. The summed E-state index contributed by atoms with van der Waals surface area (Å²) in [5.74, 6) is 0.119. The average Bonchev–Trinajstić information content (AvgIpc) is 2.98. The lowest BCUT2D eigenvalue weighted by Crippen LogP contribution is -2.33. The maximum Gasteiger partial charge on any atom is 0.228 e. The van der Waals surface area contributed by atoms with E-state index >= 15 is 0 Å². The number of hydrogen-bond acceptors (Lipinski definition) is 5. The van der Waals surface area contributed by atoms with Gasteiger partial charge < -0.3 is 15.4 Å². The fourth-order valence-electron chi connectivity index (χ4n) is 2.19. The van der Waals surface area contributed by atoms with Crippen molar-refractivity contribution in [3.63, 3.8) is 0 Å². The SMILES string of the molecule is CCO[C@H](C)c1nc(CC(=O)N2CC[C@@H](N)C2)cs1. The van der Waals surface area contributed by atoms with Crippen molar-refractivity contribution in [2.24, 2.45) is 5.73 Å². The van der Waals surface area contributed by atoms with Crippen molar-refractivity contribution in [1.29, 1.82) is 0 Å². The third-order valence-corrected chi connectivity index (χ3v) is 4.30. The summed E-state index contributed by atoms with van der Waals surface area (Å²) in [6, 6.07) is 0.132. The summed E-state index contributed by atoms with van der Waals surface area (Å²) >= 11 is 1.55. The number of nitrogens with two attached hydrogens (primary N) is 1. The van der Waals surface area contributed by atoms with Gasteiger partial charge in [-0.1, -0.05) is 0 Å². The van der Waals surface area contributed by atoms with Crippen molar-refractivity contribution in [3.05, 3.63) is 16.1 Å². The van der Waals surface area contributed by atoms with E-state index in [0.29, 0.717) is 19.6 Å². The van der Waals surface area contributed by atoms with Crippen LogP contribution >= 0.6 is 11.3 Å². The van der Waals surface area contributed by atoms with Gasteiger partial charge in [-0.3, -0.25) is 4.79 Å². The van der Waals surface area contributed by atoms with E-state index in [2.05, 4.69) is 4.98 Å². The molecule has 2 atom stereocenters. The van der Waals surface area contributed by atoms with Crippen molar-refractivity contribution in [2.45, 2.75) is 38.8 Å². The number of rotatable bonds is 5. The Morgan fingerprint density at radius 1 is 1.74 bits per heavy atom. The quantitative estimate of drug-likeness (QED) is 0.885. The van der Waals surface area contributed by atoms with Crippen LogP contribution in [-0.4, -0.2) is 41.5 Å². The zero-order valence-electron chi connectivity index (χ0n) is 11.5. The Bertz CT molecular complexity index is 435. The predicted molar refractivity (Wildman–Crippen MR) is 75.0 cm³/mol. The molecule has 1 saturated heterocycles. The van der Waals surface area contributed by atoms with E-state index in [4.69, 9.17) is 10.5 Å². The van der Waals surface area contributed by atoms with Gasteiger partial charge in [0, 0.05) is 31.1 Å². The van der Waals surface area contributed by atoms with E-state index in [1.165, 1.54) is 0 Å². The Morgan fingerprint density at radius 3 is 3.16 bits per heavy atom. The number of amides is 1. The molecule has 0 spiro atoms. The van der Waals surface area contributed by atoms with Crippen molar-refractivity contribution in [1.82, 2.24) is 9.88 Å². The molecule has 106 valence electrons. The third kappa shape index (κ3) is 3.75. The van der Waals surface area contributed by atoms with Crippen LogP contribution in [0.25, 0.3) is 0 Å². The largest absolute Gasteiger partial charge is 0.372 e.